The lowest BCUT2D eigenvalue weighted by molar-refractivity contribution is -0.118. The van der Waals surface area contributed by atoms with Crippen molar-refractivity contribution in [3.63, 3.8) is 0 Å². The summed E-state index contributed by atoms with van der Waals surface area (Å²) < 4.78 is 5.55. The number of carbonyl (C=O) groups is 1. The maximum Gasteiger partial charge on any atom is 0.262 e. The highest BCUT2D eigenvalue weighted by Gasteiger charge is 2.08. The second kappa shape index (κ2) is 9.49. The van der Waals surface area contributed by atoms with E-state index in [0.717, 1.165) is 22.5 Å². The monoisotopic (exact) mass is 414 g/mol. The van der Waals surface area contributed by atoms with Gasteiger partial charge in [-0.15, -0.1) is 0 Å². The number of benzene rings is 3. The number of hydrogen-bond acceptors (Lipinski definition) is 3. The molecule has 0 fully saturated rings. The van der Waals surface area contributed by atoms with Crippen molar-refractivity contribution in [3.05, 3.63) is 87.9 Å². The minimum absolute atomic E-state index is 0.120. The Labute approximate surface area is 174 Å². The Kier molecular flexibility index (Phi) is 6.80. The van der Waals surface area contributed by atoms with Crippen molar-refractivity contribution in [1.29, 1.82) is 0 Å². The molecule has 28 heavy (non-hydrogen) atoms. The molecule has 6 heteroatoms. The standard InChI is InChI=1S/C22H20Cl2N2O2/c1-15-6-9-17(10-7-15)26-22(27)14-28-21-11-8-16(12-19(21)24)13-25-20-5-3-2-4-18(20)23/h2-12,25H,13-14H2,1H3,(H,26,27). The molecule has 0 radical (unpaired) electrons. The van der Waals surface area contributed by atoms with Crippen molar-refractivity contribution in [2.75, 3.05) is 17.2 Å². The number of para-hydroxylation sites is 1. The van der Waals surface area contributed by atoms with Crippen LogP contribution in [0.25, 0.3) is 0 Å². The first-order chi connectivity index (χ1) is 13.5. The molecule has 0 saturated heterocycles. The predicted molar refractivity (Wildman–Crippen MR) is 116 cm³/mol. The molecule has 144 valence electrons. The Hall–Kier alpha value is -2.69. The van der Waals surface area contributed by atoms with Gasteiger partial charge in [0.05, 0.1) is 15.7 Å². The summed E-state index contributed by atoms with van der Waals surface area (Å²) in [5, 5.41) is 7.15. The normalized spacial score (nSPS) is 10.4. The summed E-state index contributed by atoms with van der Waals surface area (Å²) in [6.45, 7) is 2.44. The molecule has 0 aromatic heterocycles. The fourth-order valence-electron chi connectivity index (χ4n) is 2.55. The van der Waals surface area contributed by atoms with Gasteiger partial charge >= 0.3 is 0 Å². The molecular formula is C22H20Cl2N2O2. The lowest BCUT2D eigenvalue weighted by Gasteiger charge is -2.12. The van der Waals surface area contributed by atoms with Crippen LogP contribution in [-0.2, 0) is 11.3 Å². The van der Waals surface area contributed by atoms with Crippen molar-refractivity contribution in [2.24, 2.45) is 0 Å². The van der Waals surface area contributed by atoms with Gasteiger partial charge in [-0.1, -0.05) is 59.1 Å². The van der Waals surface area contributed by atoms with E-state index in [2.05, 4.69) is 10.6 Å². The second-order valence-electron chi connectivity index (χ2n) is 6.30. The molecule has 2 N–H and O–H groups in total. The molecule has 0 aliphatic carbocycles. The van der Waals surface area contributed by atoms with E-state index in [9.17, 15) is 4.79 Å². The van der Waals surface area contributed by atoms with Gasteiger partial charge in [0.2, 0.25) is 0 Å². The van der Waals surface area contributed by atoms with E-state index >= 15 is 0 Å². The number of ether oxygens (including phenoxy) is 1. The van der Waals surface area contributed by atoms with Crippen LogP contribution in [0, 0.1) is 6.92 Å². The Morgan fingerprint density at radius 2 is 1.71 bits per heavy atom. The minimum Gasteiger partial charge on any atom is -0.482 e. The number of amides is 1. The van der Waals surface area contributed by atoms with Crippen LogP contribution in [0.5, 0.6) is 5.75 Å². The molecule has 3 aromatic carbocycles. The second-order valence-corrected chi connectivity index (χ2v) is 7.12. The van der Waals surface area contributed by atoms with E-state index in [1.807, 2.05) is 61.5 Å². The number of anilines is 2. The third-order valence-corrected chi connectivity index (χ3v) is 4.67. The van der Waals surface area contributed by atoms with Gasteiger partial charge in [0.1, 0.15) is 5.75 Å². The molecule has 0 bridgehead atoms. The lowest BCUT2D eigenvalue weighted by Crippen LogP contribution is -2.20. The number of aryl methyl sites for hydroxylation is 1. The van der Waals surface area contributed by atoms with E-state index in [0.29, 0.717) is 22.3 Å². The molecule has 3 rings (SSSR count). The fourth-order valence-corrected chi connectivity index (χ4v) is 3.01. The van der Waals surface area contributed by atoms with Gasteiger partial charge in [-0.3, -0.25) is 4.79 Å². The van der Waals surface area contributed by atoms with Crippen molar-refractivity contribution in [2.45, 2.75) is 13.5 Å². The molecule has 1 amide bonds. The lowest BCUT2D eigenvalue weighted by atomic mass is 10.2. The average molecular weight is 415 g/mol. The minimum atomic E-state index is -0.246. The number of rotatable bonds is 7. The summed E-state index contributed by atoms with van der Waals surface area (Å²) >= 11 is 12.4. The highest BCUT2D eigenvalue weighted by atomic mass is 35.5. The van der Waals surface area contributed by atoms with Crippen LogP contribution in [0.3, 0.4) is 0 Å². The summed E-state index contributed by atoms with van der Waals surface area (Å²) in [6.07, 6.45) is 0. The molecule has 0 spiro atoms. The largest absolute Gasteiger partial charge is 0.482 e. The van der Waals surface area contributed by atoms with Crippen molar-refractivity contribution in [3.8, 4) is 5.75 Å². The molecule has 0 saturated carbocycles. The molecule has 0 aliphatic rings. The summed E-state index contributed by atoms with van der Waals surface area (Å²) in [4.78, 5) is 12.0. The maximum atomic E-state index is 12.0. The van der Waals surface area contributed by atoms with Gasteiger partial charge in [-0.25, -0.2) is 0 Å². The summed E-state index contributed by atoms with van der Waals surface area (Å²) in [6, 6.07) is 20.6. The maximum absolute atomic E-state index is 12.0. The van der Waals surface area contributed by atoms with E-state index in [1.54, 1.807) is 12.1 Å². The first-order valence-corrected chi connectivity index (χ1v) is 9.53. The van der Waals surface area contributed by atoms with Crippen LogP contribution in [-0.4, -0.2) is 12.5 Å². The van der Waals surface area contributed by atoms with E-state index in [-0.39, 0.29) is 12.5 Å². The topological polar surface area (TPSA) is 50.4 Å². The molecular weight excluding hydrogens is 395 g/mol. The van der Waals surface area contributed by atoms with Gasteiger partial charge < -0.3 is 15.4 Å². The number of hydrogen-bond donors (Lipinski definition) is 2. The van der Waals surface area contributed by atoms with Crippen LogP contribution in [0.4, 0.5) is 11.4 Å². The number of nitrogens with one attached hydrogen (secondary N) is 2. The molecule has 3 aromatic rings. The summed E-state index contributed by atoms with van der Waals surface area (Å²) in [5.41, 5.74) is 3.69. The first-order valence-electron chi connectivity index (χ1n) is 8.77. The van der Waals surface area contributed by atoms with Crippen molar-refractivity contribution in [1.82, 2.24) is 0 Å². The van der Waals surface area contributed by atoms with E-state index < -0.39 is 0 Å². The van der Waals surface area contributed by atoms with Crippen LogP contribution < -0.4 is 15.4 Å². The van der Waals surface area contributed by atoms with Crippen LogP contribution in [0.1, 0.15) is 11.1 Å². The van der Waals surface area contributed by atoms with Gasteiger partial charge in [0.25, 0.3) is 5.91 Å². The first kappa shape index (κ1) is 20.1. The Morgan fingerprint density at radius 3 is 2.43 bits per heavy atom. The van der Waals surface area contributed by atoms with Gasteiger partial charge in [0.15, 0.2) is 6.61 Å². The fraction of sp³-hybridized carbons (Fsp3) is 0.136. The van der Waals surface area contributed by atoms with Crippen molar-refractivity contribution >= 4 is 40.5 Å². The van der Waals surface area contributed by atoms with Gasteiger partial charge in [-0.2, -0.15) is 0 Å². The summed E-state index contributed by atoms with van der Waals surface area (Å²) in [7, 11) is 0. The van der Waals surface area contributed by atoms with Gasteiger partial charge in [0, 0.05) is 12.2 Å². The number of halogens is 2. The summed E-state index contributed by atoms with van der Waals surface area (Å²) in [5.74, 6) is 0.214. The SMILES string of the molecule is Cc1ccc(NC(=O)COc2ccc(CNc3ccccc3Cl)cc2Cl)cc1. The Bertz CT molecular complexity index is 959. The third kappa shape index (κ3) is 5.65. The zero-order chi connectivity index (χ0) is 19.9. The number of carbonyl (C=O) groups excluding carboxylic acids is 1. The van der Waals surface area contributed by atoms with Crippen LogP contribution in [0.15, 0.2) is 66.7 Å². The quantitative estimate of drug-likeness (QED) is 0.503. The zero-order valence-electron chi connectivity index (χ0n) is 15.3. The molecule has 0 atom stereocenters. The van der Waals surface area contributed by atoms with E-state index in [4.69, 9.17) is 27.9 Å². The third-order valence-electron chi connectivity index (χ3n) is 4.05. The average Bonchev–Trinajstić information content (AvgIpc) is 2.68. The Morgan fingerprint density at radius 1 is 0.964 bits per heavy atom. The van der Waals surface area contributed by atoms with Gasteiger partial charge in [-0.05, 0) is 48.9 Å². The van der Waals surface area contributed by atoms with E-state index in [1.165, 1.54) is 0 Å². The Balaban J connectivity index is 1.53. The highest BCUT2D eigenvalue weighted by molar-refractivity contribution is 6.33. The van der Waals surface area contributed by atoms with Crippen LogP contribution in [0.2, 0.25) is 10.0 Å². The zero-order valence-corrected chi connectivity index (χ0v) is 16.8. The highest BCUT2D eigenvalue weighted by Crippen LogP contribution is 2.27. The molecule has 4 nitrogen and oxygen atoms in total. The predicted octanol–water partition coefficient (Wildman–Crippen LogP) is 5.93. The van der Waals surface area contributed by atoms with Crippen LogP contribution >= 0.6 is 23.2 Å². The molecule has 0 unspecified atom stereocenters. The molecule has 0 aliphatic heterocycles. The smallest absolute Gasteiger partial charge is 0.262 e. The van der Waals surface area contributed by atoms with Crippen molar-refractivity contribution < 1.29 is 9.53 Å². The molecule has 0 heterocycles.